The summed E-state index contributed by atoms with van der Waals surface area (Å²) in [5, 5.41) is 13.3. The maximum Gasteiger partial charge on any atom is 0.256 e. The summed E-state index contributed by atoms with van der Waals surface area (Å²) in [6, 6.07) is 14.4. The number of carbonyl (C=O) groups excluding carboxylic acids is 2. The minimum atomic E-state index is -0.110. The van der Waals surface area contributed by atoms with Crippen LogP contribution < -0.4 is 10.6 Å². The van der Waals surface area contributed by atoms with E-state index in [0.29, 0.717) is 26.2 Å². The Morgan fingerprint density at radius 1 is 1.08 bits per heavy atom. The Balaban J connectivity index is 1.39. The average Bonchev–Trinajstić information content (AvgIpc) is 3.59. The summed E-state index contributed by atoms with van der Waals surface area (Å²) in [7, 11) is 1.79. The normalized spacial score (nSPS) is 12.8. The van der Waals surface area contributed by atoms with E-state index in [1.807, 2.05) is 43.1 Å². The SMILES string of the molecule is CCNCCN(CC(=O)N(C)N1Cc2ccccc2C1)C(=O)CNc1cc(-c2nc(CC)cs2)ccc1C. The number of aryl methyl sites for hydroxylation is 2. The number of fused-ring (bicyclic) bond motifs is 1. The van der Waals surface area contributed by atoms with Gasteiger partial charge in [-0.25, -0.2) is 9.99 Å². The van der Waals surface area contributed by atoms with Crippen molar-refractivity contribution in [3.63, 3.8) is 0 Å². The Morgan fingerprint density at radius 3 is 2.47 bits per heavy atom. The van der Waals surface area contributed by atoms with Crippen LogP contribution in [0.4, 0.5) is 5.69 Å². The lowest BCUT2D eigenvalue weighted by Crippen LogP contribution is -2.49. The zero-order valence-electron chi connectivity index (χ0n) is 22.8. The highest BCUT2D eigenvalue weighted by Gasteiger charge is 2.27. The van der Waals surface area contributed by atoms with Crippen molar-refractivity contribution in [2.45, 2.75) is 40.3 Å². The topological polar surface area (TPSA) is 80.8 Å². The molecule has 0 aliphatic carbocycles. The van der Waals surface area contributed by atoms with Crippen molar-refractivity contribution < 1.29 is 9.59 Å². The van der Waals surface area contributed by atoms with E-state index in [1.54, 1.807) is 28.3 Å². The van der Waals surface area contributed by atoms with E-state index in [9.17, 15) is 9.59 Å². The van der Waals surface area contributed by atoms with E-state index in [2.05, 4.69) is 41.1 Å². The van der Waals surface area contributed by atoms with E-state index >= 15 is 0 Å². The van der Waals surface area contributed by atoms with Crippen molar-refractivity contribution in [2.75, 3.05) is 45.1 Å². The van der Waals surface area contributed by atoms with Crippen molar-refractivity contribution in [1.29, 1.82) is 0 Å². The predicted octanol–water partition coefficient (Wildman–Crippen LogP) is 3.92. The highest BCUT2D eigenvalue weighted by Crippen LogP contribution is 2.28. The van der Waals surface area contributed by atoms with Gasteiger partial charge in [0.05, 0.1) is 12.2 Å². The Morgan fingerprint density at radius 2 is 1.82 bits per heavy atom. The fraction of sp³-hybridized carbons (Fsp3) is 0.414. The molecule has 8 nitrogen and oxygen atoms in total. The number of nitrogens with one attached hydrogen (secondary N) is 2. The van der Waals surface area contributed by atoms with Crippen molar-refractivity contribution in [2.24, 2.45) is 0 Å². The first kappa shape index (κ1) is 27.8. The molecule has 2 heterocycles. The third kappa shape index (κ3) is 6.78. The van der Waals surface area contributed by atoms with Crippen molar-refractivity contribution in [1.82, 2.24) is 25.2 Å². The molecule has 1 aliphatic heterocycles. The summed E-state index contributed by atoms with van der Waals surface area (Å²) in [4.78, 5) is 32.9. The van der Waals surface area contributed by atoms with Crippen LogP contribution in [0.1, 0.15) is 36.2 Å². The maximum atomic E-state index is 13.3. The minimum Gasteiger partial charge on any atom is -0.376 e. The van der Waals surface area contributed by atoms with Crippen molar-refractivity contribution in [3.8, 4) is 10.6 Å². The molecule has 0 spiro atoms. The number of hydrogen-bond acceptors (Lipinski definition) is 7. The van der Waals surface area contributed by atoms with Gasteiger partial charge in [-0.3, -0.25) is 14.6 Å². The Labute approximate surface area is 229 Å². The smallest absolute Gasteiger partial charge is 0.256 e. The van der Waals surface area contributed by atoms with Gasteiger partial charge >= 0.3 is 0 Å². The van der Waals surface area contributed by atoms with Gasteiger partial charge in [0.1, 0.15) is 11.6 Å². The Hall–Kier alpha value is -3.27. The molecule has 0 saturated heterocycles. The number of likely N-dealkylation sites (N-methyl/N-ethyl adjacent to an activating group) is 2. The lowest BCUT2D eigenvalue weighted by atomic mass is 10.1. The van der Waals surface area contributed by atoms with Gasteiger partial charge in [0.2, 0.25) is 5.91 Å². The molecule has 9 heteroatoms. The van der Waals surface area contributed by atoms with Crippen LogP contribution in [-0.4, -0.2) is 71.5 Å². The maximum absolute atomic E-state index is 13.3. The molecule has 1 aliphatic rings. The molecule has 0 fully saturated rings. The number of nitrogens with zero attached hydrogens (tertiary/aromatic N) is 4. The van der Waals surface area contributed by atoms with Gasteiger partial charge in [-0.1, -0.05) is 50.2 Å². The van der Waals surface area contributed by atoms with Gasteiger partial charge in [0.15, 0.2) is 0 Å². The molecule has 0 atom stereocenters. The van der Waals surface area contributed by atoms with Crippen LogP contribution in [0, 0.1) is 6.92 Å². The molecule has 4 rings (SSSR count). The average molecular weight is 535 g/mol. The minimum absolute atomic E-state index is 0.0349. The van der Waals surface area contributed by atoms with E-state index in [4.69, 9.17) is 4.98 Å². The second kappa shape index (κ2) is 13.0. The summed E-state index contributed by atoms with van der Waals surface area (Å²) in [5.74, 6) is -0.210. The summed E-state index contributed by atoms with van der Waals surface area (Å²) in [6.07, 6.45) is 0.906. The van der Waals surface area contributed by atoms with Crippen LogP contribution in [0.2, 0.25) is 0 Å². The first-order chi connectivity index (χ1) is 18.4. The van der Waals surface area contributed by atoms with Gasteiger partial charge in [-0.05, 0) is 42.6 Å². The van der Waals surface area contributed by atoms with E-state index in [-0.39, 0.29) is 24.9 Å². The number of rotatable bonds is 12. The molecule has 0 bridgehead atoms. The number of anilines is 1. The number of benzene rings is 2. The molecule has 202 valence electrons. The third-order valence-corrected chi connectivity index (χ3v) is 7.87. The second-order valence-corrected chi connectivity index (χ2v) is 10.4. The Bertz CT molecular complexity index is 1230. The molecule has 0 saturated carbocycles. The molecule has 3 aromatic rings. The largest absolute Gasteiger partial charge is 0.376 e. The van der Waals surface area contributed by atoms with E-state index in [1.165, 1.54) is 11.1 Å². The summed E-state index contributed by atoms with van der Waals surface area (Å²) < 4.78 is 0. The molecule has 0 unspecified atom stereocenters. The zero-order valence-corrected chi connectivity index (χ0v) is 23.6. The fourth-order valence-corrected chi connectivity index (χ4v) is 5.36. The van der Waals surface area contributed by atoms with Gasteiger partial charge in [-0.15, -0.1) is 11.3 Å². The molecule has 0 radical (unpaired) electrons. The molecule has 2 amide bonds. The van der Waals surface area contributed by atoms with Crippen LogP contribution in [0.15, 0.2) is 47.8 Å². The van der Waals surface area contributed by atoms with Crippen LogP contribution >= 0.6 is 11.3 Å². The Kier molecular flexibility index (Phi) is 9.49. The summed E-state index contributed by atoms with van der Waals surface area (Å²) >= 11 is 1.63. The molecule has 1 aromatic heterocycles. The number of hydrazine groups is 1. The number of carbonyl (C=O) groups is 2. The highest BCUT2D eigenvalue weighted by atomic mass is 32.1. The molecule has 38 heavy (non-hydrogen) atoms. The van der Waals surface area contributed by atoms with Crippen LogP contribution in [0.5, 0.6) is 0 Å². The van der Waals surface area contributed by atoms with Crippen LogP contribution in [0.25, 0.3) is 10.6 Å². The van der Waals surface area contributed by atoms with Gasteiger partial charge in [0, 0.05) is 49.9 Å². The van der Waals surface area contributed by atoms with E-state index in [0.717, 1.165) is 40.5 Å². The lowest BCUT2D eigenvalue weighted by molar-refractivity contribution is -0.151. The molecular formula is C29H38N6O2S. The standard InChI is InChI=1S/C29H38N6O2S/c1-5-25-20-38-29(32-25)22-12-11-21(3)26(15-22)31-16-27(36)34(14-13-30-6-2)19-28(37)33(4)35-17-23-9-7-8-10-24(23)18-35/h7-12,15,20,30-31H,5-6,13-14,16-19H2,1-4H3. The first-order valence-corrected chi connectivity index (χ1v) is 14.1. The fourth-order valence-electron chi connectivity index (χ4n) is 4.46. The molecule has 2 aromatic carbocycles. The highest BCUT2D eigenvalue weighted by molar-refractivity contribution is 7.13. The number of amides is 2. The van der Waals surface area contributed by atoms with Gasteiger partial charge in [-0.2, -0.15) is 0 Å². The van der Waals surface area contributed by atoms with Gasteiger partial charge < -0.3 is 15.5 Å². The predicted molar refractivity (Wildman–Crippen MR) is 154 cm³/mol. The monoisotopic (exact) mass is 534 g/mol. The molecular weight excluding hydrogens is 496 g/mol. The quantitative estimate of drug-likeness (QED) is 0.343. The first-order valence-electron chi connectivity index (χ1n) is 13.3. The summed E-state index contributed by atoms with van der Waals surface area (Å²) in [5.41, 5.74) is 6.53. The number of thiazole rings is 1. The van der Waals surface area contributed by atoms with Crippen LogP contribution in [-0.2, 0) is 29.1 Å². The third-order valence-electron chi connectivity index (χ3n) is 6.93. The lowest BCUT2D eigenvalue weighted by Gasteiger charge is -2.31. The van der Waals surface area contributed by atoms with Crippen molar-refractivity contribution >= 4 is 28.8 Å². The van der Waals surface area contributed by atoms with E-state index < -0.39 is 0 Å². The zero-order chi connectivity index (χ0) is 27.1. The molecule has 2 N–H and O–H groups in total. The second-order valence-electron chi connectivity index (χ2n) is 9.56. The number of hydrogen-bond donors (Lipinski definition) is 2. The van der Waals surface area contributed by atoms with Crippen molar-refractivity contribution in [3.05, 3.63) is 70.2 Å². The number of aromatic nitrogens is 1. The summed E-state index contributed by atoms with van der Waals surface area (Å²) in [6.45, 7) is 9.58. The van der Waals surface area contributed by atoms with Crippen LogP contribution in [0.3, 0.4) is 0 Å². The van der Waals surface area contributed by atoms with Gasteiger partial charge in [0.25, 0.3) is 5.91 Å².